The highest BCUT2D eigenvalue weighted by molar-refractivity contribution is 6.77. The van der Waals surface area contributed by atoms with Gasteiger partial charge in [0.25, 0.3) is 0 Å². The highest BCUT2D eigenvalue weighted by Gasteiger charge is 2.44. The van der Waals surface area contributed by atoms with Crippen molar-refractivity contribution in [3.8, 4) is 0 Å². The van der Waals surface area contributed by atoms with Crippen LogP contribution in [0.1, 0.15) is 53.7 Å². The lowest BCUT2D eigenvalue weighted by molar-refractivity contribution is 0.269. The van der Waals surface area contributed by atoms with Crippen LogP contribution in [0.4, 0.5) is 0 Å². The molecular formula is C16H30O2Si. The highest BCUT2D eigenvalue weighted by atomic mass is 28.4. The second-order valence-electron chi connectivity index (χ2n) is 6.35. The third-order valence-electron chi connectivity index (χ3n) is 4.21. The first kappa shape index (κ1) is 16.5. The fourth-order valence-electron chi connectivity index (χ4n) is 3.45. The van der Waals surface area contributed by atoms with Crippen molar-refractivity contribution in [2.24, 2.45) is 0 Å². The molecule has 3 heteroatoms. The Morgan fingerprint density at radius 2 is 1.63 bits per heavy atom. The summed E-state index contributed by atoms with van der Waals surface area (Å²) in [5.41, 5.74) is 1.99. The van der Waals surface area contributed by atoms with Crippen LogP contribution in [0, 0.1) is 0 Å². The topological polar surface area (TPSA) is 22.4 Å². The van der Waals surface area contributed by atoms with Crippen LogP contribution in [0.3, 0.4) is 0 Å². The molecule has 0 fully saturated rings. The molecule has 0 N–H and O–H groups in total. The number of hydrogen-bond acceptors (Lipinski definition) is 2. The summed E-state index contributed by atoms with van der Waals surface area (Å²) in [4.78, 5) is 0. The van der Waals surface area contributed by atoms with Crippen molar-refractivity contribution in [1.29, 1.82) is 0 Å². The predicted molar refractivity (Wildman–Crippen MR) is 84.0 cm³/mol. The largest absolute Gasteiger partial charge is 0.469 e. The van der Waals surface area contributed by atoms with Gasteiger partial charge in [-0.1, -0.05) is 41.5 Å². The fraction of sp³-hybridized carbons (Fsp3) is 0.750. The summed E-state index contributed by atoms with van der Waals surface area (Å²) in [6.07, 6.45) is 3.77. The molecule has 1 aromatic rings. The average Bonchev–Trinajstić information content (AvgIpc) is 2.80. The third-order valence-corrected chi connectivity index (χ3v) is 10.3. The van der Waals surface area contributed by atoms with Gasteiger partial charge in [-0.3, -0.25) is 0 Å². The van der Waals surface area contributed by atoms with E-state index in [4.69, 9.17) is 8.84 Å². The molecule has 0 aliphatic rings. The summed E-state index contributed by atoms with van der Waals surface area (Å²) in [7, 11) is -1.68. The van der Waals surface area contributed by atoms with Crippen molar-refractivity contribution in [2.75, 3.05) is 6.61 Å². The van der Waals surface area contributed by atoms with Crippen molar-refractivity contribution in [3.63, 3.8) is 0 Å². The molecule has 0 radical (unpaired) electrons. The van der Waals surface area contributed by atoms with Gasteiger partial charge in [-0.25, -0.2) is 0 Å². The quantitative estimate of drug-likeness (QED) is 0.470. The number of rotatable bonds is 8. The monoisotopic (exact) mass is 282 g/mol. The van der Waals surface area contributed by atoms with E-state index in [0.717, 1.165) is 25.2 Å². The molecule has 1 rings (SSSR count). The Morgan fingerprint density at radius 1 is 1.05 bits per heavy atom. The van der Waals surface area contributed by atoms with Crippen LogP contribution in [-0.4, -0.2) is 14.9 Å². The summed E-state index contributed by atoms with van der Waals surface area (Å²) in [6.45, 7) is 14.9. The van der Waals surface area contributed by atoms with Crippen LogP contribution in [0.25, 0.3) is 0 Å². The molecule has 0 amide bonds. The van der Waals surface area contributed by atoms with Gasteiger partial charge in [-0.2, -0.15) is 0 Å². The van der Waals surface area contributed by atoms with Crippen molar-refractivity contribution >= 4 is 8.32 Å². The molecule has 2 nitrogen and oxygen atoms in total. The molecule has 0 saturated heterocycles. The Morgan fingerprint density at radius 3 is 2.05 bits per heavy atom. The molecule has 0 aliphatic heterocycles. The normalized spacial score (nSPS) is 12.9. The minimum absolute atomic E-state index is 0.663. The summed E-state index contributed by atoms with van der Waals surface area (Å²) in [5.74, 6) is 1.06. The van der Waals surface area contributed by atoms with Crippen LogP contribution >= 0.6 is 0 Å². The molecule has 0 bridgehead atoms. The molecular weight excluding hydrogens is 252 g/mol. The van der Waals surface area contributed by atoms with E-state index >= 15 is 0 Å². The summed E-state index contributed by atoms with van der Waals surface area (Å²) < 4.78 is 11.9. The Balaban J connectivity index is 2.53. The van der Waals surface area contributed by atoms with Crippen molar-refractivity contribution < 1.29 is 8.84 Å². The Labute approximate surface area is 119 Å². The van der Waals surface area contributed by atoms with Crippen LogP contribution in [0.5, 0.6) is 0 Å². The molecule has 0 atom stereocenters. The van der Waals surface area contributed by atoms with Gasteiger partial charge in [-0.15, -0.1) is 0 Å². The molecule has 0 aromatic carbocycles. The van der Waals surface area contributed by atoms with Gasteiger partial charge in [0.2, 0.25) is 0 Å². The molecule has 0 unspecified atom stereocenters. The van der Waals surface area contributed by atoms with E-state index in [1.807, 2.05) is 12.1 Å². The van der Waals surface area contributed by atoms with Gasteiger partial charge >= 0.3 is 0 Å². The maximum atomic E-state index is 6.51. The number of furan rings is 1. The van der Waals surface area contributed by atoms with E-state index in [0.29, 0.717) is 16.6 Å². The smallest absolute Gasteiger partial charge is 0.200 e. The zero-order valence-electron chi connectivity index (χ0n) is 13.4. The van der Waals surface area contributed by atoms with E-state index in [-0.39, 0.29) is 0 Å². The maximum absolute atomic E-state index is 6.51. The molecule has 0 spiro atoms. The van der Waals surface area contributed by atoms with E-state index in [1.54, 1.807) is 6.26 Å². The van der Waals surface area contributed by atoms with E-state index < -0.39 is 8.32 Å². The van der Waals surface area contributed by atoms with Crippen LogP contribution < -0.4 is 0 Å². The van der Waals surface area contributed by atoms with Crippen molar-refractivity contribution in [3.05, 3.63) is 24.2 Å². The standard InChI is InChI=1S/C16H30O2Si/c1-13(2)19(14(3)4,15(5)6)18-12-8-10-16-9-7-11-17-16/h7,9,11,13-15H,8,10,12H2,1-6H3. The van der Waals surface area contributed by atoms with Crippen LogP contribution in [0.2, 0.25) is 16.6 Å². The van der Waals surface area contributed by atoms with Crippen LogP contribution in [0.15, 0.2) is 22.8 Å². The van der Waals surface area contributed by atoms with E-state index in [9.17, 15) is 0 Å². The summed E-state index contributed by atoms with van der Waals surface area (Å²) in [6, 6.07) is 3.99. The molecule has 0 saturated carbocycles. The van der Waals surface area contributed by atoms with Gasteiger partial charge in [0.15, 0.2) is 8.32 Å². The van der Waals surface area contributed by atoms with Gasteiger partial charge in [0.1, 0.15) is 5.76 Å². The van der Waals surface area contributed by atoms with Crippen molar-refractivity contribution in [1.82, 2.24) is 0 Å². The van der Waals surface area contributed by atoms with Crippen molar-refractivity contribution in [2.45, 2.75) is 71.0 Å². The Kier molecular flexibility index (Phi) is 6.34. The van der Waals surface area contributed by atoms with Gasteiger partial charge in [0.05, 0.1) is 6.26 Å². The Hall–Kier alpha value is -0.543. The lowest BCUT2D eigenvalue weighted by Gasteiger charge is -2.42. The third kappa shape index (κ3) is 3.96. The first-order chi connectivity index (χ1) is 8.91. The number of aryl methyl sites for hydroxylation is 1. The number of hydrogen-bond donors (Lipinski definition) is 0. The zero-order valence-corrected chi connectivity index (χ0v) is 14.4. The summed E-state index contributed by atoms with van der Waals surface area (Å²) in [5, 5.41) is 0. The average molecular weight is 283 g/mol. The molecule has 1 heterocycles. The molecule has 0 aliphatic carbocycles. The SMILES string of the molecule is CC(C)[Si](OCCCc1ccco1)(C(C)C)C(C)C. The minimum Gasteiger partial charge on any atom is -0.469 e. The van der Waals surface area contributed by atoms with E-state index in [2.05, 4.69) is 41.5 Å². The van der Waals surface area contributed by atoms with Gasteiger partial charge in [0, 0.05) is 13.0 Å². The predicted octanol–water partition coefficient (Wildman–Crippen LogP) is 5.40. The second-order valence-corrected chi connectivity index (χ2v) is 11.8. The maximum Gasteiger partial charge on any atom is 0.200 e. The van der Waals surface area contributed by atoms with Gasteiger partial charge < -0.3 is 8.84 Å². The molecule has 19 heavy (non-hydrogen) atoms. The first-order valence-electron chi connectivity index (χ1n) is 7.57. The fourth-order valence-corrected chi connectivity index (χ4v) is 8.95. The molecule has 110 valence electrons. The lowest BCUT2D eigenvalue weighted by atomic mass is 10.3. The summed E-state index contributed by atoms with van der Waals surface area (Å²) >= 11 is 0. The zero-order chi connectivity index (χ0) is 14.5. The highest BCUT2D eigenvalue weighted by Crippen LogP contribution is 2.42. The van der Waals surface area contributed by atoms with Crippen LogP contribution in [-0.2, 0) is 10.8 Å². The lowest BCUT2D eigenvalue weighted by Crippen LogP contribution is -2.48. The minimum atomic E-state index is -1.68. The molecule has 1 aromatic heterocycles. The second kappa shape index (κ2) is 7.30. The van der Waals surface area contributed by atoms with Gasteiger partial charge in [-0.05, 0) is 35.2 Å². The first-order valence-corrected chi connectivity index (χ1v) is 9.71. The van der Waals surface area contributed by atoms with E-state index in [1.165, 1.54) is 0 Å². The Bertz CT molecular complexity index is 320.